The Bertz CT molecular complexity index is 354. The first-order valence-corrected chi connectivity index (χ1v) is 4.92. The van der Waals surface area contributed by atoms with Crippen molar-refractivity contribution < 1.29 is 14.3 Å². The average molecular weight is 232 g/mol. The number of carbonyl (C=O) groups is 1. The molecule has 84 valence electrons. The summed E-state index contributed by atoms with van der Waals surface area (Å²) in [6, 6.07) is 1.61. The molecule has 0 aliphatic carbocycles. The van der Waals surface area contributed by atoms with Crippen molar-refractivity contribution in [3.8, 4) is 0 Å². The second kappa shape index (κ2) is 4.14. The van der Waals surface area contributed by atoms with Crippen LogP contribution >= 0.6 is 11.6 Å². The Morgan fingerprint density at radius 1 is 1.60 bits per heavy atom. The topological polar surface area (TPSA) is 53.7 Å². The van der Waals surface area contributed by atoms with Gasteiger partial charge in [0.2, 0.25) is 0 Å². The molecular weight excluding hydrogens is 218 g/mol. The molecule has 0 unspecified atom stereocenters. The highest BCUT2D eigenvalue weighted by Gasteiger charge is 2.26. The maximum atomic E-state index is 11.0. The zero-order valence-electron chi connectivity index (χ0n) is 8.95. The van der Waals surface area contributed by atoms with E-state index in [0.717, 1.165) is 0 Å². The summed E-state index contributed by atoms with van der Waals surface area (Å²) in [5.74, 6) is 0.539. The lowest BCUT2D eigenvalue weighted by Crippen LogP contribution is -2.44. The van der Waals surface area contributed by atoms with Crippen LogP contribution in [0.5, 0.6) is 0 Å². The minimum Gasteiger partial charge on any atom is -0.466 e. The van der Waals surface area contributed by atoms with Crippen molar-refractivity contribution in [3.05, 3.63) is 23.1 Å². The lowest BCUT2D eigenvalue weighted by atomic mass is 10.1. The molecule has 0 saturated carbocycles. The summed E-state index contributed by atoms with van der Waals surface area (Å²) in [6.07, 6.45) is 0.412. The maximum Gasteiger partial charge on any atom is 0.408 e. The van der Waals surface area contributed by atoms with E-state index in [2.05, 4.69) is 0 Å². The average Bonchev–Trinajstić information content (AvgIpc) is 2.44. The van der Waals surface area contributed by atoms with Crippen LogP contribution in [0.2, 0.25) is 5.02 Å². The molecule has 0 fully saturated rings. The summed E-state index contributed by atoms with van der Waals surface area (Å²) in [5, 5.41) is 9.50. The predicted molar refractivity (Wildman–Crippen MR) is 57.0 cm³/mol. The van der Waals surface area contributed by atoms with E-state index in [9.17, 15) is 4.79 Å². The molecule has 1 rings (SSSR count). The van der Waals surface area contributed by atoms with Crippen LogP contribution < -0.4 is 0 Å². The number of nitrogens with zero attached hydrogens (tertiary/aromatic N) is 1. The van der Waals surface area contributed by atoms with Crippen molar-refractivity contribution in [1.29, 1.82) is 0 Å². The van der Waals surface area contributed by atoms with E-state index in [0.29, 0.717) is 10.8 Å². The molecule has 1 aromatic heterocycles. The summed E-state index contributed by atoms with van der Waals surface area (Å²) >= 11 is 5.68. The fraction of sp³-hybridized carbons (Fsp3) is 0.500. The molecule has 1 amide bonds. The van der Waals surface area contributed by atoms with E-state index in [1.54, 1.807) is 6.07 Å². The number of rotatable bonds is 2. The van der Waals surface area contributed by atoms with Gasteiger partial charge in [-0.05, 0) is 20.8 Å². The first kappa shape index (κ1) is 11.9. The highest BCUT2D eigenvalue weighted by molar-refractivity contribution is 6.30. The van der Waals surface area contributed by atoms with Crippen molar-refractivity contribution in [2.45, 2.75) is 32.9 Å². The monoisotopic (exact) mass is 231 g/mol. The summed E-state index contributed by atoms with van der Waals surface area (Å²) < 4.78 is 5.10. The SMILES string of the molecule is CC(C)(C)N(Cc1cc(Cl)co1)C(=O)O. The zero-order chi connectivity index (χ0) is 11.6. The summed E-state index contributed by atoms with van der Waals surface area (Å²) in [7, 11) is 0. The molecule has 1 N–H and O–H groups in total. The van der Waals surface area contributed by atoms with Gasteiger partial charge in [0.1, 0.15) is 12.0 Å². The second-order valence-electron chi connectivity index (χ2n) is 4.27. The van der Waals surface area contributed by atoms with Crippen LogP contribution in [0.3, 0.4) is 0 Å². The van der Waals surface area contributed by atoms with Crippen LogP contribution in [0.15, 0.2) is 16.7 Å². The number of amides is 1. The normalized spacial score (nSPS) is 11.5. The highest BCUT2D eigenvalue weighted by atomic mass is 35.5. The van der Waals surface area contributed by atoms with Crippen LogP contribution in [0.1, 0.15) is 26.5 Å². The van der Waals surface area contributed by atoms with Gasteiger partial charge in [0, 0.05) is 11.6 Å². The van der Waals surface area contributed by atoms with Crippen LogP contribution in [0, 0.1) is 0 Å². The standard InChI is InChI=1S/C10H14ClNO3/c1-10(2,3)12(9(13)14)5-8-4-7(11)6-15-8/h4,6H,5H2,1-3H3,(H,13,14). The number of carboxylic acid groups (broad SMARTS) is 1. The van der Waals surface area contributed by atoms with Gasteiger partial charge in [0.05, 0.1) is 11.6 Å². The van der Waals surface area contributed by atoms with Crippen LogP contribution in [0.25, 0.3) is 0 Å². The molecule has 0 radical (unpaired) electrons. The number of halogens is 1. The summed E-state index contributed by atoms with van der Waals surface area (Å²) in [4.78, 5) is 12.3. The van der Waals surface area contributed by atoms with Gasteiger partial charge in [0.15, 0.2) is 0 Å². The Morgan fingerprint density at radius 2 is 2.20 bits per heavy atom. The number of hydrogen-bond acceptors (Lipinski definition) is 2. The Kier molecular flexibility index (Phi) is 3.29. The van der Waals surface area contributed by atoms with Gasteiger partial charge in [-0.25, -0.2) is 4.79 Å². The van der Waals surface area contributed by atoms with Crippen molar-refractivity contribution in [3.63, 3.8) is 0 Å². The van der Waals surface area contributed by atoms with Gasteiger partial charge in [-0.15, -0.1) is 0 Å². The van der Waals surface area contributed by atoms with Gasteiger partial charge in [0.25, 0.3) is 0 Å². The molecule has 15 heavy (non-hydrogen) atoms. The van der Waals surface area contributed by atoms with Crippen LogP contribution in [-0.2, 0) is 6.54 Å². The molecule has 1 heterocycles. The quantitative estimate of drug-likeness (QED) is 0.850. The highest BCUT2D eigenvalue weighted by Crippen LogP contribution is 2.20. The van der Waals surface area contributed by atoms with Crippen LogP contribution in [-0.4, -0.2) is 21.6 Å². The first-order chi connectivity index (χ1) is 6.80. The van der Waals surface area contributed by atoms with Crippen molar-refractivity contribution in [2.75, 3.05) is 0 Å². The van der Waals surface area contributed by atoms with E-state index in [4.69, 9.17) is 21.1 Å². The third kappa shape index (κ3) is 3.16. The van der Waals surface area contributed by atoms with Crippen molar-refractivity contribution in [1.82, 2.24) is 4.90 Å². The maximum absolute atomic E-state index is 11.0. The molecule has 0 atom stereocenters. The Balaban J connectivity index is 2.81. The summed E-state index contributed by atoms with van der Waals surface area (Å²) in [5.41, 5.74) is -0.467. The fourth-order valence-electron chi connectivity index (χ4n) is 1.18. The third-order valence-electron chi connectivity index (χ3n) is 1.98. The molecule has 0 bridgehead atoms. The van der Waals surface area contributed by atoms with E-state index in [1.165, 1.54) is 11.2 Å². The molecular formula is C10H14ClNO3. The zero-order valence-corrected chi connectivity index (χ0v) is 9.71. The van der Waals surface area contributed by atoms with E-state index in [-0.39, 0.29) is 6.54 Å². The molecule has 0 aliphatic heterocycles. The van der Waals surface area contributed by atoms with E-state index < -0.39 is 11.6 Å². The van der Waals surface area contributed by atoms with Gasteiger partial charge < -0.3 is 9.52 Å². The molecule has 1 aromatic rings. The van der Waals surface area contributed by atoms with E-state index >= 15 is 0 Å². The van der Waals surface area contributed by atoms with Gasteiger partial charge in [-0.2, -0.15) is 0 Å². The lowest BCUT2D eigenvalue weighted by Gasteiger charge is -2.32. The van der Waals surface area contributed by atoms with Crippen molar-refractivity contribution in [2.24, 2.45) is 0 Å². The molecule has 4 nitrogen and oxygen atoms in total. The van der Waals surface area contributed by atoms with Gasteiger partial charge in [-0.3, -0.25) is 4.90 Å². The van der Waals surface area contributed by atoms with Gasteiger partial charge >= 0.3 is 6.09 Å². The summed E-state index contributed by atoms with van der Waals surface area (Å²) in [6.45, 7) is 5.68. The molecule has 0 aromatic carbocycles. The largest absolute Gasteiger partial charge is 0.466 e. The number of hydrogen-bond donors (Lipinski definition) is 1. The molecule has 0 saturated heterocycles. The minimum absolute atomic E-state index is 0.200. The molecule has 0 aliphatic rings. The first-order valence-electron chi connectivity index (χ1n) is 4.54. The fourth-order valence-corrected chi connectivity index (χ4v) is 1.35. The lowest BCUT2D eigenvalue weighted by molar-refractivity contribution is 0.0907. The van der Waals surface area contributed by atoms with Gasteiger partial charge in [-0.1, -0.05) is 11.6 Å². The Labute approximate surface area is 93.4 Å². The van der Waals surface area contributed by atoms with Crippen LogP contribution in [0.4, 0.5) is 4.79 Å². The predicted octanol–water partition coefficient (Wildman–Crippen LogP) is 3.21. The van der Waals surface area contributed by atoms with Crippen molar-refractivity contribution >= 4 is 17.7 Å². The van der Waals surface area contributed by atoms with E-state index in [1.807, 2.05) is 20.8 Å². The second-order valence-corrected chi connectivity index (χ2v) is 4.71. The third-order valence-corrected chi connectivity index (χ3v) is 2.17. The Morgan fingerprint density at radius 3 is 2.53 bits per heavy atom. The molecule has 5 heteroatoms. The smallest absolute Gasteiger partial charge is 0.408 e. The number of furan rings is 1. The minimum atomic E-state index is -0.977. The Hall–Kier alpha value is -1.16. The molecule has 0 spiro atoms.